The normalized spacial score (nSPS) is 13.6. The maximum Gasteiger partial charge on any atom is 0.328 e. The first-order valence-electron chi connectivity index (χ1n) is 11.5. The van der Waals surface area contributed by atoms with Gasteiger partial charge in [0, 0.05) is 48.7 Å². The number of carbonyl (C=O) groups is 1. The number of morpholine rings is 1. The van der Waals surface area contributed by atoms with Crippen LogP contribution in [-0.4, -0.2) is 74.7 Å². The Bertz CT molecular complexity index is 1420. The first kappa shape index (κ1) is 23.9. The molecule has 3 heterocycles. The van der Waals surface area contributed by atoms with Crippen molar-refractivity contribution >= 4 is 29.5 Å². The van der Waals surface area contributed by atoms with Crippen molar-refractivity contribution in [3.8, 4) is 22.6 Å². The number of nitrogens with one attached hydrogen (secondary N) is 1. The molecule has 0 radical (unpaired) electrons. The minimum atomic E-state index is -1.00. The standard InChI is InChI=1S/C25H24N8O4/c1-36-21-13-19(12-20(14-21)33-16-27-30-31-33)28-25-26-15-22(24(29-25)32-7-9-37-10-8-32)18-4-2-3-17(11-18)5-6-23(34)35/h2-6,11-16H,7-10H2,1H3,(H,34,35)(H,26,28,29)/b6-5+. The molecular formula is C25H24N8O4. The van der Waals surface area contributed by atoms with Gasteiger partial charge in [0.2, 0.25) is 5.95 Å². The summed E-state index contributed by atoms with van der Waals surface area (Å²) in [5.41, 5.74) is 3.89. The average molecular weight is 501 g/mol. The Hall–Kier alpha value is -4.84. The third-order valence-electron chi connectivity index (χ3n) is 5.69. The summed E-state index contributed by atoms with van der Waals surface area (Å²) in [7, 11) is 1.59. The lowest BCUT2D eigenvalue weighted by molar-refractivity contribution is -0.131. The maximum absolute atomic E-state index is 11.0. The topological polar surface area (TPSA) is 140 Å². The number of ether oxygens (including phenoxy) is 2. The number of methoxy groups -OCH3 is 1. The monoisotopic (exact) mass is 500 g/mol. The summed E-state index contributed by atoms with van der Waals surface area (Å²) in [6.07, 6.45) is 5.94. The Labute approximate surface area is 212 Å². The molecule has 0 saturated carbocycles. The predicted molar refractivity (Wildman–Crippen MR) is 136 cm³/mol. The molecule has 1 fully saturated rings. The van der Waals surface area contributed by atoms with Gasteiger partial charge in [0.1, 0.15) is 17.9 Å². The summed E-state index contributed by atoms with van der Waals surface area (Å²) in [4.78, 5) is 22.6. The number of anilines is 3. The number of tetrazole rings is 1. The van der Waals surface area contributed by atoms with Crippen LogP contribution in [0.2, 0.25) is 0 Å². The minimum absolute atomic E-state index is 0.406. The fraction of sp³-hybridized carbons (Fsp3) is 0.200. The van der Waals surface area contributed by atoms with E-state index in [0.29, 0.717) is 49.4 Å². The van der Waals surface area contributed by atoms with E-state index in [9.17, 15) is 4.79 Å². The van der Waals surface area contributed by atoms with Crippen LogP contribution in [0.5, 0.6) is 5.75 Å². The van der Waals surface area contributed by atoms with E-state index in [2.05, 4.69) is 30.7 Å². The van der Waals surface area contributed by atoms with E-state index in [1.165, 1.54) is 11.0 Å². The molecule has 4 aromatic rings. The second kappa shape index (κ2) is 10.8. The van der Waals surface area contributed by atoms with Crippen LogP contribution in [0, 0.1) is 0 Å². The largest absolute Gasteiger partial charge is 0.497 e. The number of rotatable bonds is 8. The molecule has 2 N–H and O–H groups in total. The first-order valence-corrected chi connectivity index (χ1v) is 11.5. The van der Waals surface area contributed by atoms with E-state index < -0.39 is 5.97 Å². The van der Waals surface area contributed by atoms with Crippen molar-refractivity contribution in [3.63, 3.8) is 0 Å². The summed E-state index contributed by atoms with van der Waals surface area (Å²) < 4.78 is 12.5. The van der Waals surface area contributed by atoms with E-state index in [-0.39, 0.29) is 0 Å². The molecule has 2 aromatic carbocycles. The third-order valence-corrected chi connectivity index (χ3v) is 5.69. The lowest BCUT2D eigenvalue weighted by Gasteiger charge is -2.29. The van der Waals surface area contributed by atoms with Crippen molar-refractivity contribution in [3.05, 3.63) is 66.6 Å². The molecule has 0 atom stereocenters. The highest BCUT2D eigenvalue weighted by Gasteiger charge is 2.19. The number of aliphatic carboxylic acids is 1. The summed E-state index contributed by atoms with van der Waals surface area (Å²) in [6, 6.07) is 13.1. The van der Waals surface area contributed by atoms with Crippen LogP contribution in [-0.2, 0) is 9.53 Å². The van der Waals surface area contributed by atoms with Crippen LogP contribution in [0.25, 0.3) is 22.9 Å². The van der Waals surface area contributed by atoms with Gasteiger partial charge in [-0.3, -0.25) is 0 Å². The number of hydrogen-bond donors (Lipinski definition) is 2. The van der Waals surface area contributed by atoms with Crippen LogP contribution in [0.3, 0.4) is 0 Å². The van der Waals surface area contributed by atoms with Crippen LogP contribution in [0.15, 0.2) is 61.1 Å². The molecule has 2 aromatic heterocycles. The van der Waals surface area contributed by atoms with Gasteiger partial charge < -0.3 is 24.8 Å². The molecule has 0 aliphatic carbocycles. The number of carboxylic acids is 1. The molecule has 0 amide bonds. The molecule has 1 aliphatic rings. The predicted octanol–water partition coefficient (Wildman–Crippen LogP) is 2.81. The van der Waals surface area contributed by atoms with Gasteiger partial charge in [0.25, 0.3) is 0 Å². The van der Waals surface area contributed by atoms with E-state index >= 15 is 0 Å². The van der Waals surface area contributed by atoms with Crippen molar-refractivity contribution in [2.24, 2.45) is 0 Å². The fourth-order valence-corrected chi connectivity index (χ4v) is 3.94. The highest BCUT2D eigenvalue weighted by Crippen LogP contribution is 2.32. The van der Waals surface area contributed by atoms with Gasteiger partial charge in [-0.25, -0.2) is 14.5 Å². The van der Waals surface area contributed by atoms with Crippen molar-refractivity contribution in [2.75, 3.05) is 43.6 Å². The van der Waals surface area contributed by atoms with Crippen molar-refractivity contribution in [1.29, 1.82) is 0 Å². The maximum atomic E-state index is 11.0. The van der Waals surface area contributed by atoms with Gasteiger partial charge in [-0.05, 0) is 39.8 Å². The molecule has 0 spiro atoms. The molecule has 0 unspecified atom stereocenters. The fourth-order valence-electron chi connectivity index (χ4n) is 3.94. The Morgan fingerprint density at radius 1 is 1.19 bits per heavy atom. The molecule has 5 rings (SSSR count). The van der Waals surface area contributed by atoms with E-state index in [1.54, 1.807) is 19.4 Å². The summed E-state index contributed by atoms with van der Waals surface area (Å²) in [5, 5.41) is 23.6. The van der Waals surface area contributed by atoms with Crippen molar-refractivity contribution in [1.82, 2.24) is 30.2 Å². The highest BCUT2D eigenvalue weighted by atomic mass is 16.5. The second-order valence-electron chi connectivity index (χ2n) is 8.13. The van der Waals surface area contributed by atoms with Crippen molar-refractivity contribution in [2.45, 2.75) is 0 Å². The van der Waals surface area contributed by atoms with Gasteiger partial charge in [0.15, 0.2) is 0 Å². The highest BCUT2D eigenvalue weighted by molar-refractivity contribution is 5.86. The van der Waals surface area contributed by atoms with E-state index in [0.717, 1.165) is 28.6 Å². The van der Waals surface area contributed by atoms with Gasteiger partial charge >= 0.3 is 5.97 Å². The quantitative estimate of drug-likeness (QED) is 0.345. The van der Waals surface area contributed by atoms with Crippen LogP contribution in [0.1, 0.15) is 5.56 Å². The molecule has 0 bridgehead atoms. The van der Waals surface area contributed by atoms with Crippen molar-refractivity contribution < 1.29 is 19.4 Å². The van der Waals surface area contributed by atoms with E-state index in [1.807, 2.05) is 42.5 Å². The third kappa shape index (κ3) is 5.70. The molecule has 188 valence electrons. The Kier molecular flexibility index (Phi) is 6.99. The zero-order valence-corrected chi connectivity index (χ0v) is 20.0. The minimum Gasteiger partial charge on any atom is -0.497 e. The number of nitrogens with zero attached hydrogens (tertiary/aromatic N) is 7. The Morgan fingerprint density at radius 3 is 2.81 bits per heavy atom. The SMILES string of the molecule is COc1cc(Nc2ncc(-c3cccc(/C=C/C(=O)O)c3)c(N3CCOCC3)n2)cc(-n2cnnn2)c1. The smallest absolute Gasteiger partial charge is 0.328 e. The molecule has 12 nitrogen and oxygen atoms in total. The van der Waals surface area contributed by atoms with Gasteiger partial charge in [0.05, 0.1) is 26.0 Å². The van der Waals surface area contributed by atoms with Crippen LogP contribution in [0.4, 0.5) is 17.5 Å². The Balaban J connectivity index is 1.51. The summed E-state index contributed by atoms with van der Waals surface area (Å²) in [6.45, 7) is 2.56. The number of aromatic nitrogens is 6. The molecule has 12 heteroatoms. The molecular weight excluding hydrogens is 476 g/mol. The number of benzene rings is 2. The van der Waals surface area contributed by atoms with Gasteiger partial charge in [-0.1, -0.05) is 18.2 Å². The summed E-state index contributed by atoms with van der Waals surface area (Å²) >= 11 is 0. The zero-order valence-electron chi connectivity index (χ0n) is 20.0. The zero-order chi connectivity index (χ0) is 25.6. The lowest BCUT2D eigenvalue weighted by atomic mass is 10.0. The first-order chi connectivity index (χ1) is 18.1. The second-order valence-corrected chi connectivity index (χ2v) is 8.13. The number of carboxylic acid groups (broad SMARTS) is 1. The number of hydrogen-bond acceptors (Lipinski definition) is 10. The Morgan fingerprint density at radius 2 is 2.05 bits per heavy atom. The van der Waals surface area contributed by atoms with Crippen LogP contribution >= 0.6 is 0 Å². The lowest BCUT2D eigenvalue weighted by Crippen LogP contribution is -2.37. The molecule has 1 aliphatic heterocycles. The summed E-state index contributed by atoms with van der Waals surface area (Å²) in [5.74, 6) is 0.776. The van der Waals surface area contributed by atoms with Gasteiger partial charge in [-0.2, -0.15) is 4.98 Å². The van der Waals surface area contributed by atoms with Gasteiger partial charge in [-0.15, -0.1) is 5.10 Å². The molecule has 1 saturated heterocycles. The van der Waals surface area contributed by atoms with E-state index in [4.69, 9.17) is 19.6 Å². The average Bonchev–Trinajstić information content (AvgIpc) is 3.48. The van der Waals surface area contributed by atoms with Crippen LogP contribution < -0.4 is 15.0 Å². The molecule has 37 heavy (non-hydrogen) atoms.